The molecule has 162 valence electrons. The first-order valence-corrected chi connectivity index (χ1v) is 9.70. The molecule has 0 amide bonds. The first-order valence-electron chi connectivity index (χ1n) is 9.70. The number of H-pyrrole nitrogens is 1. The number of ketones is 1. The second kappa shape index (κ2) is 8.34. The minimum Gasteiger partial charge on any atom is -0.345 e. The van der Waals surface area contributed by atoms with Crippen LogP contribution in [0, 0.1) is 11.3 Å². The number of hydrogen-bond donors (Lipinski definition) is 2. The van der Waals surface area contributed by atoms with Crippen molar-refractivity contribution in [2.24, 2.45) is 0 Å². The van der Waals surface area contributed by atoms with Crippen molar-refractivity contribution >= 4 is 22.8 Å². The van der Waals surface area contributed by atoms with E-state index in [0.717, 1.165) is 25.1 Å². The quantitative estimate of drug-likeness (QED) is 0.554. The molecule has 3 rings (SSSR count). The van der Waals surface area contributed by atoms with Gasteiger partial charge in [0.05, 0.1) is 28.6 Å². The van der Waals surface area contributed by atoms with E-state index in [2.05, 4.69) is 25.3 Å². The molecular weight excluding hydrogens is 409 g/mol. The van der Waals surface area contributed by atoms with Gasteiger partial charge in [-0.25, -0.2) is 15.0 Å². The fourth-order valence-electron chi connectivity index (χ4n) is 3.08. The molecule has 0 aliphatic heterocycles. The summed E-state index contributed by atoms with van der Waals surface area (Å²) < 4.78 is 39.4. The second-order valence-corrected chi connectivity index (χ2v) is 7.66. The van der Waals surface area contributed by atoms with Gasteiger partial charge in [0.25, 0.3) is 0 Å². The van der Waals surface area contributed by atoms with Crippen LogP contribution in [0.15, 0.2) is 24.7 Å². The zero-order chi connectivity index (χ0) is 22.8. The number of nitrogens with zero attached hydrogens (tertiary/aromatic N) is 4. The molecule has 0 saturated heterocycles. The highest BCUT2D eigenvalue weighted by atomic mass is 19.4. The Kier molecular flexibility index (Phi) is 5.97. The lowest BCUT2D eigenvalue weighted by Gasteiger charge is -2.25. The van der Waals surface area contributed by atoms with Gasteiger partial charge in [-0.3, -0.25) is 4.79 Å². The van der Waals surface area contributed by atoms with Crippen molar-refractivity contribution in [2.75, 3.05) is 5.32 Å². The van der Waals surface area contributed by atoms with Crippen molar-refractivity contribution in [1.82, 2.24) is 19.9 Å². The van der Waals surface area contributed by atoms with Crippen molar-refractivity contribution in [3.8, 4) is 17.3 Å². The van der Waals surface area contributed by atoms with Crippen LogP contribution in [0.3, 0.4) is 0 Å². The Morgan fingerprint density at radius 3 is 2.65 bits per heavy atom. The number of halogens is 3. The van der Waals surface area contributed by atoms with Gasteiger partial charge in [-0.15, -0.1) is 0 Å². The van der Waals surface area contributed by atoms with E-state index in [1.54, 1.807) is 13.8 Å². The summed E-state index contributed by atoms with van der Waals surface area (Å²) in [4.78, 5) is 27.6. The number of nitrogens with one attached hydrogen (secondary N) is 2. The molecule has 0 radical (unpaired) electrons. The molecule has 3 aromatic heterocycles. The molecule has 0 saturated carbocycles. The monoisotopic (exact) mass is 430 g/mol. The van der Waals surface area contributed by atoms with Gasteiger partial charge in [0.15, 0.2) is 5.78 Å². The Balaban J connectivity index is 2.04. The predicted octanol–water partition coefficient (Wildman–Crippen LogP) is 4.86. The molecule has 2 N–H and O–H groups in total. The summed E-state index contributed by atoms with van der Waals surface area (Å²) in [6, 6.07) is 2.92. The Labute approximate surface area is 176 Å². The van der Waals surface area contributed by atoms with Crippen LogP contribution < -0.4 is 5.32 Å². The standard InChI is InChI=1S/C21H21F3N6O/c1-4-5-6-16(31)20(2,3)30-19-28-9-12(8-25)17(29-19)15-11-27-18-14(15)7-13(10-26-18)21(22,23)24/h7,9-11H,4-6H2,1-3H3,(H,26,27)(H,28,29,30). The first-order chi connectivity index (χ1) is 14.6. The zero-order valence-electron chi connectivity index (χ0n) is 17.3. The Morgan fingerprint density at radius 2 is 2.00 bits per heavy atom. The topological polar surface area (TPSA) is 107 Å². The van der Waals surface area contributed by atoms with Crippen LogP contribution in [-0.4, -0.2) is 31.3 Å². The van der Waals surface area contributed by atoms with Crippen molar-refractivity contribution in [3.63, 3.8) is 0 Å². The minimum absolute atomic E-state index is 0.0185. The van der Waals surface area contributed by atoms with E-state index < -0.39 is 17.3 Å². The lowest BCUT2D eigenvalue weighted by atomic mass is 9.95. The molecule has 31 heavy (non-hydrogen) atoms. The number of carbonyl (C=O) groups excluding carboxylic acids is 1. The first kappa shape index (κ1) is 22.2. The fourth-order valence-corrected chi connectivity index (χ4v) is 3.08. The van der Waals surface area contributed by atoms with Gasteiger partial charge in [0.1, 0.15) is 11.7 Å². The lowest BCUT2D eigenvalue weighted by molar-refractivity contribution is -0.137. The summed E-state index contributed by atoms with van der Waals surface area (Å²) in [6.07, 6.45) is 0.939. The SMILES string of the molecule is CCCCC(=O)C(C)(C)Nc1ncc(C#N)c(-c2c[nH]c3ncc(C(F)(F)F)cc23)n1. The van der Waals surface area contributed by atoms with Crippen LogP contribution in [0.4, 0.5) is 19.1 Å². The minimum atomic E-state index is -4.56. The average molecular weight is 430 g/mol. The van der Waals surface area contributed by atoms with E-state index in [-0.39, 0.29) is 39.6 Å². The molecule has 0 bridgehead atoms. The van der Waals surface area contributed by atoms with Gasteiger partial charge in [0, 0.05) is 29.8 Å². The highest BCUT2D eigenvalue weighted by molar-refractivity contribution is 5.94. The summed E-state index contributed by atoms with van der Waals surface area (Å²) in [5, 5.41) is 12.6. The van der Waals surface area contributed by atoms with Crippen molar-refractivity contribution in [2.45, 2.75) is 51.7 Å². The van der Waals surface area contributed by atoms with Gasteiger partial charge in [-0.05, 0) is 26.3 Å². The number of fused-ring (bicyclic) bond motifs is 1. The summed E-state index contributed by atoms with van der Waals surface area (Å²) in [7, 11) is 0. The number of aromatic amines is 1. The summed E-state index contributed by atoms with van der Waals surface area (Å²) in [5.74, 6) is 0.0770. The summed E-state index contributed by atoms with van der Waals surface area (Å²) in [6.45, 7) is 5.40. The van der Waals surface area contributed by atoms with Crippen LogP contribution in [0.1, 0.15) is 51.2 Å². The maximum atomic E-state index is 13.1. The Morgan fingerprint density at radius 1 is 1.26 bits per heavy atom. The Hall–Kier alpha value is -3.48. The highest BCUT2D eigenvalue weighted by Gasteiger charge is 2.32. The molecule has 0 fully saturated rings. The normalized spacial score (nSPS) is 12.0. The predicted molar refractivity (Wildman–Crippen MR) is 109 cm³/mol. The maximum Gasteiger partial charge on any atom is 0.417 e. The van der Waals surface area contributed by atoms with Crippen LogP contribution in [0.5, 0.6) is 0 Å². The molecule has 0 aliphatic rings. The van der Waals surface area contributed by atoms with E-state index in [1.807, 2.05) is 13.0 Å². The second-order valence-electron chi connectivity index (χ2n) is 7.66. The van der Waals surface area contributed by atoms with Crippen LogP contribution in [0.2, 0.25) is 0 Å². The number of rotatable bonds is 7. The molecule has 0 unspecified atom stereocenters. The number of Topliss-reactive ketones (excluding diaryl/α,β-unsaturated/α-hetero) is 1. The number of anilines is 1. The molecular formula is C21H21F3N6O. The third-order valence-corrected chi connectivity index (χ3v) is 4.90. The van der Waals surface area contributed by atoms with Crippen molar-refractivity contribution in [1.29, 1.82) is 5.26 Å². The number of carbonyl (C=O) groups is 1. The van der Waals surface area contributed by atoms with Gasteiger partial charge in [-0.2, -0.15) is 18.4 Å². The molecule has 0 aliphatic carbocycles. The molecule has 10 heteroatoms. The van der Waals surface area contributed by atoms with Gasteiger partial charge < -0.3 is 10.3 Å². The van der Waals surface area contributed by atoms with Crippen LogP contribution >= 0.6 is 0 Å². The number of alkyl halides is 3. The number of unbranched alkanes of at least 4 members (excludes halogenated alkanes) is 1. The fraction of sp³-hybridized carbons (Fsp3) is 0.381. The average Bonchev–Trinajstić information content (AvgIpc) is 3.14. The number of pyridine rings is 1. The van der Waals surface area contributed by atoms with E-state index >= 15 is 0 Å². The molecule has 3 aromatic rings. The summed E-state index contributed by atoms with van der Waals surface area (Å²) in [5.41, 5.74) is -1.12. The van der Waals surface area contributed by atoms with Crippen LogP contribution in [0.25, 0.3) is 22.3 Å². The molecule has 0 aromatic carbocycles. The van der Waals surface area contributed by atoms with Crippen molar-refractivity contribution in [3.05, 3.63) is 35.8 Å². The molecule has 0 spiro atoms. The van der Waals surface area contributed by atoms with Crippen LogP contribution in [-0.2, 0) is 11.0 Å². The smallest absolute Gasteiger partial charge is 0.345 e. The third-order valence-electron chi connectivity index (χ3n) is 4.90. The molecule has 3 heterocycles. The third kappa shape index (κ3) is 4.66. The maximum absolute atomic E-state index is 13.1. The van der Waals surface area contributed by atoms with Gasteiger partial charge in [0.2, 0.25) is 5.95 Å². The van der Waals surface area contributed by atoms with Gasteiger partial charge in [-0.1, -0.05) is 13.3 Å². The van der Waals surface area contributed by atoms with E-state index in [9.17, 15) is 23.2 Å². The Bertz CT molecular complexity index is 1160. The molecule has 0 atom stereocenters. The van der Waals surface area contributed by atoms with E-state index in [4.69, 9.17) is 0 Å². The largest absolute Gasteiger partial charge is 0.417 e. The lowest BCUT2D eigenvalue weighted by Crippen LogP contribution is -2.40. The number of aromatic nitrogens is 4. The highest BCUT2D eigenvalue weighted by Crippen LogP contribution is 2.34. The summed E-state index contributed by atoms with van der Waals surface area (Å²) >= 11 is 0. The number of nitriles is 1. The zero-order valence-corrected chi connectivity index (χ0v) is 17.3. The van der Waals surface area contributed by atoms with E-state index in [1.165, 1.54) is 12.4 Å². The molecule has 7 nitrogen and oxygen atoms in total. The number of hydrogen-bond acceptors (Lipinski definition) is 6. The van der Waals surface area contributed by atoms with E-state index in [0.29, 0.717) is 6.42 Å². The van der Waals surface area contributed by atoms with Gasteiger partial charge >= 0.3 is 6.18 Å². The van der Waals surface area contributed by atoms with Crippen molar-refractivity contribution < 1.29 is 18.0 Å².